The Morgan fingerprint density at radius 2 is 1.50 bits per heavy atom. The number of urea groups is 1. The van der Waals surface area contributed by atoms with Crippen LogP contribution in [-0.4, -0.2) is 98.1 Å². The second kappa shape index (κ2) is 22.4. The molecule has 9 amide bonds. The highest BCUT2D eigenvalue weighted by atomic mass is 16.5. The quantitative estimate of drug-likeness (QED) is 0.0499. The molecule has 1 aliphatic heterocycles. The molecule has 52 heavy (non-hydrogen) atoms. The molecule has 3 atom stereocenters. The monoisotopic (exact) mass is 724 g/mol. The SMILES string of the molecule is [B]C[C@@H](C)NC(=O)CNC(=O)OCc1ccc(NC(=O)[C@@H](CCCNC(N)=O)NC(=O)C(NC(=O)CCCCCN2C(=O)C=CC2=O)C(C)C)cc1. The van der Waals surface area contributed by atoms with E-state index in [9.17, 15) is 38.4 Å². The number of amides is 9. The highest BCUT2D eigenvalue weighted by Crippen LogP contribution is 2.13. The van der Waals surface area contributed by atoms with Crippen LogP contribution in [0.1, 0.15) is 64.9 Å². The van der Waals surface area contributed by atoms with E-state index in [2.05, 4.69) is 31.9 Å². The lowest BCUT2D eigenvalue weighted by atomic mass is 9.99. The second-order valence-corrected chi connectivity index (χ2v) is 12.6. The first kappa shape index (κ1) is 42.8. The molecule has 2 rings (SSSR count). The van der Waals surface area contributed by atoms with Crippen LogP contribution < -0.4 is 37.6 Å². The number of hydrogen-bond donors (Lipinski definition) is 7. The summed E-state index contributed by atoms with van der Waals surface area (Å²) in [6.45, 7) is 5.28. The van der Waals surface area contributed by atoms with E-state index >= 15 is 0 Å². The summed E-state index contributed by atoms with van der Waals surface area (Å²) >= 11 is 0. The fourth-order valence-corrected chi connectivity index (χ4v) is 4.86. The van der Waals surface area contributed by atoms with Gasteiger partial charge in [-0.2, -0.15) is 0 Å². The summed E-state index contributed by atoms with van der Waals surface area (Å²) in [5, 5.41) is 15.6. The number of ether oxygens (including phenoxy) is 1. The molecular weight excluding hydrogens is 675 g/mol. The number of unbranched alkanes of at least 4 members (excludes halogenated alkanes) is 2. The van der Waals surface area contributed by atoms with Crippen molar-refractivity contribution < 1.29 is 43.1 Å². The van der Waals surface area contributed by atoms with Gasteiger partial charge in [0, 0.05) is 43.4 Å². The molecule has 0 saturated carbocycles. The molecule has 1 unspecified atom stereocenters. The van der Waals surface area contributed by atoms with Gasteiger partial charge in [0.05, 0.1) is 7.85 Å². The zero-order valence-electron chi connectivity index (χ0n) is 29.8. The standard InChI is InChI=1S/C34H49BN8O9/c1-21(2)30(42-26(44)9-5-4-6-17-43-28(46)14-15-29(43)47)32(49)41-25(8-7-16-37-33(36)50)31(48)40-24-12-10-23(11-13-24)20-52-34(51)38-19-27(45)39-22(3)18-35/h10-15,21-22,25,30H,4-9,16-20H2,1-3H3,(H,38,51)(H,39,45)(H,40,48)(H,41,49)(H,42,44)(H3,36,37,50)/t22-,25-,30?/m1/s1. The molecule has 1 aliphatic rings. The highest BCUT2D eigenvalue weighted by molar-refractivity contribution is 6.12. The Kier molecular flexibility index (Phi) is 18.4. The fraction of sp³-hybridized carbons (Fsp3) is 0.529. The normalized spacial score (nSPS) is 13.9. The summed E-state index contributed by atoms with van der Waals surface area (Å²) in [6.07, 6.45) is 4.06. The highest BCUT2D eigenvalue weighted by Gasteiger charge is 2.29. The Labute approximate surface area is 304 Å². The van der Waals surface area contributed by atoms with Crippen molar-refractivity contribution in [3.63, 3.8) is 0 Å². The molecule has 1 aromatic carbocycles. The lowest BCUT2D eigenvalue weighted by molar-refractivity contribution is -0.137. The minimum absolute atomic E-state index is 0.104. The van der Waals surface area contributed by atoms with E-state index in [4.69, 9.17) is 18.3 Å². The number of anilines is 1. The predicted octanol–water partition coefficient (Wildman–Crippen LogP) is 0.502. The van der Waals surface area contributed by atoms with Crippen molar-refractivity contribution in [2.45, 2.75) is 90.3 Å². The minimum Gasteiger partial charge on any atom is -0.445 e. The van der Waals surface area contributed by atoms with Gasteiger partial charge in [-0.05, 0) is 56.2 Å². The van der Waals surface area contributed by atoms with Gasteiger partial charge in [0.25, 0.3) is 11.8 Å². The summed E-state index contributed by atoms with van der Waals surface area (Å²) in [5.41, 5.74) is 6.13. The van der Waals surface area contributed by atoms with E-state index in [-0.39, 0.29) is 75.1 Å². The number of carbonyl (C=O) groups is 8. The molecule has 0 spiro atoms. The van der Waals surface area contributed by atoms with Crippen LogP contribution in [0.3, 0.4) is 0 Å². The summed E-state index contributed by atoms with van der Waals surface area (Å²) in [5.74, 6) is -2.92. The van der Waals surface area contributed by atoms with Crippen molar-refractivity contribution in [3.05, 3.63) is 42.0 Å². The summed E-state index contributed by atoms with van der Waals surface area (Å²) in [7, 11) is 5.45. The van der Waals surface area contributed by atoms with Gasteiger partial charge in [0.1, 0.15) is 25.2 Å². The number of alkyl carbamates (subject to hydrolysis) is 1. The summed E-state index contributed by atoms with van der Waals surface area (Å²) < 4.78 is 5.13. The molecule has 0 aliphatic carbocycles. The van der Waals surface area contributed by atoms with Gasteiger partial charge >= 0.3 is 12.1 Å². The van der Waals surface area contributed by atoms with Crippen LogP contribution in [0.25, 0.3) is 0 Å². The lowest BCUT2D eigenvalue weighted by Crippen LogP contribution is -2.54. The maximum atomic E-state index is 13.4. The van der Waals surface area contributed by atoms with E-state index in [1.165, 1.54) is 12.2 Å². The summed E-state index contributed by atoms with van der Waals surface area (Å²) in [6, 6.07) is 3.45. The van der Waals surface area contributed by atoms with E-state index in [1.807, 2.05) is 0 Å². The molecule has 0 aromatic heterocycles. The number of imide groups is 1. The zero-order chi connectivity index (χ0) is 38.6. The van der Waals surface area contributed by atoms with Crippen LogP contribution in [-0.2, 0) is 40.1 Å². The van der Waals surface area contributed by atoms with Gasteiger partial charge in [-0.3, -0.25) is 33.7 Å². The van der Waals surface area contributed by atoms with Crippen molar-refractivity contribution in [1.29, 1.82) is 0 Å². The topological polar surface area (TPSA) is 247 Å². The number of carbonyl (C=O) groups excluding carboxylic acids is 8. The number of primary amides is 1. The summed E-state index contributed by atoms with van der Waals surface area (Å²) in [4.78, 5) is 98.8. The Morgan fingerprint density at radius 3 is 2.12 bits per heavy atom. The Balaban J connectivity index is 1.91. The number of nitrogens with one attached hydrogen (secondary N) is 6. The molecular formula is C34H49BN8O9. The smallest absolute Gasteiger partial charge is 0.407 e. The Hall–Kier alpha value is -5.42. The van der Waals surface area contributed by atoms with Gasteiger partial charge < -0.3 is 42.4 Å². The molecule has 282 valence electrons. The molecule has 1 aromatic rings. The van der Waals surface area contributed by atoms with Crippen molar-refractivity contribution in [2.75, 3.05) is 25.0 Å². The molecule has 1 heterocycles. The first-order chi connectivity index (χ1) is 24.7. The van der Waals surface area contributed by atoms with Crippen LogP contribution in [0.4, 0.5) is 15.3 Å². The predicted molar refractivity (Wildman–Crippen MR) is 191 cm³/mol. The number of benzene rings is 1. The van der Waals surface area contributed by atoms with Crippen LogP contribution in [0.5, 0.6) is 0 Å². The fourth-order valence-electron chi connectivity index (χ4n) is 4.86. The van der Waals surface area contributed by atoms with Gasteiger partial charge in [-0.25, -0.2) is 9.59 Å². The van der Waals surface area contributed by atoms with E-state index in [1.54, 1.807) is 45.0 Å². The van der Waals surface area contributed by atoms with E-state index in [0.29, 0.717) is 36.9 Å². The maximum Gasteiger partial charge on any atom is 0.407 e. The van der Waals surface area contributed by atoms with Crippen molar-refractivity contribution >= 4 is 61.1 Å². The third-order valence-electron chi connectivity index (χ3n) is 7.80. The first-order valence-electron chi connectivity index (χ1n) is 17.2. The van der Waals surface area contributed by atoms with Crippen LogP contribution >= 0.6 is 0 Å². The van der Waals surface area contributed by atoms with Crippen molar-refractivity contribution in [1.82, 2.24) is 31.5 Å². The van der Waals surface area contributed by atoms with Crippen molar-refractivity contribution in [3.8, 4) is 0 Å². The second-order valence-electron chi connectivity index (χ2n) is 12.6. The number of rotatable bonds is 22. The maximum absolute atomic E-state index is 13.4. The molecule has 0 saturated heterocycles. The molecule has 0 fully saturated rings. The van der Waals surface area contributed by atoms with Crippen LogP contribution in [0.15, 0.2) is 36.4 Å². The third kappa shape index (κ3) is 16.1. The minimum atomic E-state index is -1.04. The zero-order valence-corrected chi connectivity index (χ0v) is 29.8. The first-order valence-corrected chi connectivity index (χ1v) is 17.2. The van der Waals surface area contributed by atoms with Gasteiger partial charge in [0.2, 0.25) is 23.6 Å². The van der Waals surface area contributed by atoms with E-state index in [0.717, 1.165) is 4.90 Å². The largest absolute Gasteiger partial charge is 0.445 e. The average molecular weight is 725 g/mol. The van der Waals surface area contributed by atoms with Crippen LogP contribution in [0.2, 0.25) is 6.32 Å². The Bertz CT molecular complexity index is 1440. The van der Waals surface area contributed by atoms with Crippen molar-refractivity contribution in [2.24, 2.45) is 11.7 Å². The van der Waals surface area contributed by atoms with Gasteiger partial charge in [0.15, 0.2) is 0 Å². The third-order valence-corrected chi connectivity index (χ3v) is 7.80. The lowest BCUT2D eigenvalue weighted by Gasteiger charge is -2.25. The molecule has 17 nitrogen and oxygen atoms in total. The van der Waals surface area contributed by atoms with Gasteiger partial charge in [-0.15, -0.1) is 0 Å². The Morgan fingerprint density at radius 1 is 0.827 bits per heavy atom. The molecule has 0 bridgehead atoms. The number of nitrogens with two attached hydrogens (primary N) is 1. The average Bonchev–Trinajstić information content (AvgIpc) is 3.42. The number of nitrogens with zero attached hydrogens (tertiary/aromatic N) is 1. The van der Waals surface area contributed by atoms with Crippen LogP contribution in [0, 0.1) is 5.92 Å². The molecule has 8 N–H and O–H groups in total. The van der Waals surface area contributed by atoms with E-state index < -0.39 is 41.9 Å². The number of hydrogen-bond acceptors (Lipinski definition) is 9. The molecule has 18 heteroatoms. The molecule has 2 radical (unpaired) electrons. The van der Waals surface area contributed by atoms with Gasteiger partial charge in [-0.1, -0.05) is 38.7 Å².